The SMILES string of the molecule is CC1(C(=O)O)CCCCC1.COc1ccc(OC)c(/C=C/C(=O)O)c1. The Morgan fingerprint density at radius 3 is 2.16 bits per heavy atom. The summed E-state index contributed by atoms with van der Waals surface area (Å²) in [6.45, 7) is 1.86. The molecule has 1 aliphatic rings. The van der Waals surface area contributed by atoms with Crippen molar-refractivity contribution in [2.24, 2.45) is 5.41 Å². The first-order valence-electron chi connectivity index (χ1n) is 8.19. The summed E-state index contributed by atoms with van der Waals surface area (Å²) in [7, 11) is 3.08. The lowest BCUT2D eigenvalue weighted by Gasteiger charge is -2.28. The number of carbonyl (C=O) groups is 2. The fourth-order valence-corrected chi connectivity index (χ4v) is 2.68. The van der Waals surface area contributed by atoms with Gasteiger partial charge < -0.3 is 19.7 Å². The Balaban J connectivity index is 0.000000271. The second-order valence-corrected chi connectivity index (χ2v) is 6.21. The molecule has 138 valence electrons. The molecule has 0 aliphatic heterocycles. The molecule has 0 atom stereocenters. The van der Waals surface area contributed by atoms with Crippen molar-refractivity contribution in [3.05, 3.63) is 29.8 Å². The zero-order valence-corrected chi connectivity index (χ0v) is 14.9. The molecule has 0 radical (unpaired) electrons. The smallest absolute Gasteiger partial charge is 0.328 e. The first-order valence-corrected chi connectivity index (χ1v) is 8.19. The number of rotatable bonds is 5. The maximum absolute atomic E-state index is 10.7. The highest BCUT2D eigenvalue weighted by Crippen LogP contribution is 2.35. The lowest BCUT2D eigenvalue weighted by molar-refractivity contribution is -0.149. The van der Waals surface area contributed by atoms with E-state index in [4.69, 9.17) is 19.7 Å². The van der Waals surface area contributed by atoms with Gasteiger partial charge in [-0.3, -0.25) is 4.79 Å². The van der Waals surface area contributed by atoms with E-state index in [0.717, 1.165) is 31.8 Å². The summed E-state index contributed by atoms with van der Waals surface area (Å²) in [5, 5.41) is 17.3. The van der Waals surface area contributed by atoms with Gasteiger partial charge in [-0.15, -0.1) is 0 Å². The number of benzene rings is 1. The second-order valence-electron chi connectivity index (χ2n) is 6.21. The predicted octanol–water partition coefficient (Wildman–Crippen LogP) is 3.84. The standard InChI is InChI=1S/C11H12O4.C8H14O2/c1-14-9-4-5-10(15-2)8(7-9)3-6-11(12)13;1-8(7(9)10)5-3-2-4-6-8/h3-7H,1-2H3,(H,12,13);2-6H2,1H3,(H,9,10)/b6-3+;. The van der Waals surface area contributed by atoms with Crippen molar-refractivity contribution in [1.29, 1.82) is 0 Å². The van der Waals surface area contributed by atoms with E-state index < -0.39 is 17.4 Å². The predicted molar refractivity (Wildman–Crippen MR) is 95.0 cm³/mol. The highest BCUT2D eigenvalue weighted by molar-refractivity contribution is 5.86. The van der Waals surface area contributed by atoms with Gasteiger partial charge in [-0.05, 0) is 44.0 Å². The highest BCUT2D eigenvalue weighted by atomic mass is 16.5. The molecule has 0 bridgehead atoms. The molecule has 0 amide bonds. The van der Waals surface area contributed by atoms with Gasteiger partial charge in [-0.25, -0.2) is 4.79 Å². The minimum atomic E-state index is -1.00. The Morgan fingerprint density at radius 2 is 1.72 bits per heavy atom. The minimum absolute atomic E-state index is 0.405. The van der Waals surface area contributed by atoms with Gasteiger partial charge in [-0.2, -0.15) is 0 Å². The van der Waals surface area contributed by atoms with Crippen molar-refractivity contribution in [3.8, 4) is 11.5 Å². The fraction of sp³-hybridized carbons (Fsp3) is 0.474. The molecular weight excluding hydrogens is 324 g/mol. The van der Waals surface area contributed by atoms with Crippen molar-refractivity contribution in [3.63, 3.8) is 0 Å². The van der Waals surface area contributed by atoms with Gasteiger partial charge in [0.1, 0.15) is 11.5 Å². The van der Waals surface area contributed by atoms with E-state index in [2.05, 4.69) is 0 Å². The van der Waals surface area contributed by atoms with Crippen LogP contribution >= 0.6 is 0 Å². The highest BCUT2D eigenvalue weighted by Gasteiger charge is 2.33. The van der Waals surface area contributed by atoms with Gasteiger partial charge in [0, 0.05) is 11.6 Å². The van der Waals surface area contributed by atoms with Crippen molar-refractivity contribution in [2.75, 3.05) is 14.2 Å². The molecule has 2 N–H and O–H groups in total. The maximum Gasteiger partial charge on any atom is 0.328 e. The number of carboxylic acid groups (broad SMARTS) is 2. The van der Waals surface area contributed by atoms with Crippen LogP contribution in [-0.4, -0.2) is 36.4 Å². The quantitative estimate of drug-likeness (QED) is 0.784. The zero-order chi connectivity index (χ0) is 18.9. The summed E-state index contributed by atoms with van der Waals surface area (Å²) in [6.07, 6.45) is 7.63. The molecule has 1 aliphatic carbocycles. The molecule has 0 heterocycles. The molecule has 0 unspecified atom stereocenters. The van der Waals surface area contributed by atoms with Crippen LogP contribution in [-0.2, 0) is 9.59 Å². The minimum Gasteiger partial charge on any atom is -0.497 e. The zero-order valence-electron chi connectivity index (χ0n) is 14.9. The number of carboxylic acids is 2. The van der Waals surface area contributed by atoms with Gasteiger partial charge in [0.15, 0.2) is 0 Å². The van der Waals surface area contributed by atoms with Crippen molar-refractivity contribution in [1.82, 2.24) is 0 Å². The lowest BCUT2D eigenvalue weighted by atomic mass is 9.76. The Morgan fingerprint density at radius 1 is 1.08 bits per heavy atom. The molecule has 0 saturated heterocycles. The van der Waals surface area contributed by atoms with Crippen molar-refractivity contribution in [2.45, 2.75) is 39.0 Å². The van der Waals surface area contributed by atoms with E-state index in [9.17, 15) is 9.59 Å². The second kappa shape index (κ2) is 9.71. The molecule has 1 aromatic carbocycles. The number of methoxy groups -OCH3 is 2. The van der Waals surface area contributed by atoms with Gasteiger partial charge in [0.25, 0.3) is 0 Å². The van der Waals surface area contributed by atoms with Crippen LogP contribution in [0.4, 0.5) is 0 Å². The van der Waals surface area contributed by atoms with Gasteiger partial charge in [0.2, 0.25) is 0 Å². The lowest BCUT2D eigenvalue weighted by Crippen LogP contribution is -2.29. The van der Waals surface area contributed by atoms with Gasteiger partial charge >= 0.3 is 11.9 Å². The van der Waals surface area contributed by atoms with Gasteiger partial charge in [0.05, 0.1) is 19.6 Å². The average molecular weight is 350 g/mol. The summed E-state index contributed by atoms with van der Waals surface area (Å²) in [4.78, 5) is 21.0. The maximum atomic E-state index is 10.7. The van der Waals surface area contributed by atoms with Crippen LogP contribution in [0, 0.1) is 5.41 Å². The molecule has 6 nitrogen and oxygen atoms in total. The van der Waals surface area contributed by atoms with Crippen LogP contribution in [0.5, 0.6) is 11.5 Å². The Bertz CT molecular complexity index is 614. The summed E-state index contributed by atoms with van der Waals surface area (Å²) in [6, 6.07) is 5.18. The number of hydrogen-bond donors (Lipinski definition) is 2. The monoisotopic (exact) mass is 350 g/mol. The van der Waals surface area contributed by atoms with Crippen LogP contribution < -0.4 is 9.47 Å². The first-order chi connectivity index (χ1) is 11.8. The fourth-order valence-electron chi connectivity index (χ4n) is 2.68. The summed E-state index contributed by atoms with van der Waals surface area (Å²) < 4.78 is 10.1. The third-order valence-electron chi connectivity index (χ3n) is 4.32. The molecule has 25 heavy (non-hydrogen) atoms. The Labute approximate surface area is 148 Å². The van der Waals surface area contributed by atoms with Crippen molar-refractivity contribution < 1.29 is 29.3 Å². The van der Waals surface area contributed by atoms with E-state index in [-0.39, 0.29) is 0 Å². The number of hydrogen-bond acceptors (Lipinski definition) is 4. The number of aliphatic carboxylic acids is 2. The third kappa shape index (κ3) is 6.49. The number of ether oxygens (including phenoxy) is 2. The molecule has 2 rings (SSSR count). The molecular formula is C19H26O6. The first kappa shape index (κ1) is 20.5. The molecule has 0 spiro atoms. The van der Waals surface area contributed by atoms with Gasteiger partial charge in [-0.1, -0.05) is 19.3 Å². The topological polar surface area (TPSA) is 93.1 Å². The van der Waals surface area contributed by atoms with E-state index in [1.165, 1.54) is 19.6 Å². The van der Waals surface area contributed by atoms with Crippen LogP contribution in [0.3, 0.4) is 0 Å². The van der Waals surface area contributed by atoms with E-state index in [0.29, 0.717) is 17.1 Å². The van der Waals surface area contributed by atoms with E-state index >= 15 is 0 Å². The van der Waals surface area contributed by atoms with Crippen LogP contribution in [0.25, 0.3) is 6.08 Å². The van der Waals surface area contributed by atoms with Crippen LogP contribution in [0.2, 0.25) is 0 Å². The van der Waals surface area contributed by atoms with Crippen LogP contribution in [0.15, 0.2) is 24.3 Å². The van der Waals surface area contributed by atoms with Crippen LogP contribution in [0.1, 0.15) is 44.6 Å². The Kier molecular flexibility index (Phi) is 7.98. The molecule has 0 aromatic heterocycles. The Hall–Kier alpha value is -2.50. The molecule has 1 fully saturated rings. The molecule has 1 aromatic rings. The van der Waals surface area contributed by atoms with E-state index in [1.54, 1.807) is 25.3 Å². The van der Waals surface area contributed by atoms with E-state index in [1.807, 2.05) is 6.92 Å². The summed E-state index contributed by atoms with van der Waals surface area (Å²) in [5.74, 6) is -0.360. The summed E-state index contributed by atoms with van der Waals surface area (Å²) in [5.41, 5.74) is 0.261. The summed E-state index contributed by atoms with van der Waals surface area (Å²) >= 11 is 0. The molecule has 6 heteroatoms. The molecule has 1 saturated carbocycles. The largest absolute Gasteiger partial charge is 0.497 e. The van der Waals surface area contributed by atoms with Crippen molar-refractivity contribution >= 4 is 18.0 Å². The average Bonchev–Trinajstić information content (AvgIpc) is 2.60. The third-order valence-corrected chi connectivity index (χ3v) is 4.32. The normalized spacial score (nSPS) is 15.8.